The molecule has 3 aromatic rings. The standard InChI is InChI=1S/C24H25ClN2O2/c1-3-13-27(24(28)16-19-9-11-23(29-2)12-10-19)18-22-8-5-14-26(22)17-20-6-4-7-21(25)15-20/h3-12,14-15H,1,13,16-18H2,2H3. The molecular formula is C24H25ClN2O2. The van der Waals surface area contributed by atoms with Crippen LogP contribution in [-0.4, -0.2) is 29.0 Å². The molecule has 0 aliphatic rings. The lowest BCUT2D eigenvalue weighted by Gasteiger charge is -2.22. The fourth-order valence-corrected chi connectivity index (χ4v) is 3.43. The predicted molar refractivity (Wildman–Crippen MR) is 117 cm³/mol. The van der Waals surface area contributed by atoms with Gasteiger partial charge >= 0.3 is 0 Å². The minimum atomic E-state index is 0.0607. The summed E-state index contributed by atoms with van der Waals surface area (Å²) in [5, 5.41) is 0.721. The Kier molecular flexibility index (Phi) is 7.14. The molecule has 0 saturated heterocycles. The van der Waals surface area contributed by atoms with Gasteiger partial charge in [-0.3, -0.25) is 4.79 Å². The van der Waals surface area contributed by atoms with Crippen LogP contribution in [0.2, 0.25) is 5.02 Å². The molecule has 1 heterocycles. The van der Waals surface area contributed by atoms with E-state index in [0.29, 0.717) is 26.1 Å². The van der Waals surface area contributed by atoms with Crippen LogP contribution >= 0.6 is 11.6 Å². The van der Waals surface area contributed by atoms with Crippen LogP contribution in [0.4, 0.5) is 0 Å². The van der Waals surface area contributed by atoms with E-state index in [1.807, 2.05) is 71.8 Å². The van der Waals surface area contributed by atoms with Gasteiger partial charge in [-0.2, -0.15) is 0 Å². The normalized spacial score (nSPS) is 10.6. The number of carbonyl (C=O) groups excluding carboxylic acids is 1. The third-order valence-electron chi connectivity index (χ3n) is 4.73. The van der Waals surface area contributed by atoms with E-state index in [2.05, 4.69) is 11.1 Å². The van der Waals surface area contributed by atoms with Gasteiger partial charge in [-0.25, -0.2) is 0 Å². The topological polar surface area (TPSA) is 34.5 Å². The van der Waals surface area contributed by atoms with Crippen LogP contribution in [0.3, 0.4) is 0 Å². The Bertz CT molecular complexity index is 963. The summed E-state index contributed by atoms with van der Waals surface area (Å²) >= 11 is 6.11. The maximum absolute atomic E-state index is 12.9. The second kappa shape index (κ2) is 9.99. The van der Waals surface area contributed by atoms with Gasteiger partial charge in [0.1, 0.15) is 5.75 Å². The van der Waals surface area contributed by atoms with Gasteiger partial charge in [-0.15, -0.1) is 6.58 Å². The van der Waals surface area contributed by atoms with Crippen LogP contribution in [0.1, 0.15) is 16.8 Å². The van der Waals surface area contributed by atoms with Gasteiger partial charge in [0.15, 0.2) is 0 Å². The van der Waals surface area contributed by atoms with E-state index in [1.165, 1.54) is 0 Å². The fourth-order valence-electron chi connectivity index (χ4n) is 3.22. The van der Waals surface area contributed by atoms with Crippen molar-refractivity contribution in [3.8, 4) is 5.75 Å². The number of methoxy groups -OCH3 is 1. The molecule has 1 aromatic heterocycles. The smallest absolute Gasteiger partial charge is 0.227 e. The minimum Gasteiger partial charge on any atom is -0.497 e. The number of amides is 1. The Labute approximate surface area is 177 Å². The Balaban J connectivity index is 1.70. The number of hydrogen-bond donors (Lipinski definition) is 0. The van der Waals surface area contributed by atoms with Crippen molar-refractivity contribution in [2.24, 2.45) is 0 Å². The van der Waals surface area contributed by atoms with Gasteiger partial charge < -0.3 is 14.2 Å². The first-order valence-electron chi connectivity index (χ1n) is 9.49. The molecule has 5 heteroatoms. The van der Waals surface area contributed by atoms with Crippen molar-refractivity contribution in [2.45, 2.75) is 19.5 Å². The summed E-state index contributed by atoms with van der Waals surface area (Å²) in [6.45, 7) is 5.54. The Morgan fingerprint density at radius 2 is 1.93 bits per heavy atom. The molecule has 3 rings (SSSR count). The number of aromatic nitrogens is 1. The van der Waals surface area contributed by atoms with Crippen molar-refractivity contribution in [1.82, 2.24) is 9.47 Å². The molecule has 29 heavy (non-hydrogen) atoms. The quantitative estimate of drug-likeness (QED) is 0.469. The zero-order valence-corrected chi connectivity index (χ0v) is 17.3. The number of nitrogens with zero attached hydrogens (tertiary/aromatic N) is 2. The molecule has 0 saturated carbocycles. The predicted octanol–water partition coefficient (Wildman–Crippen LogP) is 4.96. The molecule has 2 aromatic carbocycles. The monoisotopic (exact) mass is 408 g/mol. The Hall–Kier alpha value is -2.98. The van der Waals surface area contributed by atoms with E-state index in [-0.39, 0.29) is 5.91 Å². The van der Waals surface area contributed by atoms with Crippen LogP contribution in [0.25, 0.3) is 0 Å². The van der Waals surface area contributed by atoms with Gasteiger partial charge in [-0.05, 0) is 47.5 Å². The highest BCUT2D eigenvalue weighted by molar-refractivity contribution is 6.30. The first-order chi connectivity index (χ1) is 14.1. The highest BCUT2D eigenvalue weighted by Crippen LogP contribution is 2.16. The average Bonchev–Trinajstić information content (AvgIpc) is 3.15. The number of ether oxygens (including phenoxy) is 1. The number of carbonyl (C=O) groups is 1. The molecule has 0 spiro atoms. The maximum Gasteiger partial charge on any atom is 0.227 e. The SMILES string of the molecule is C=CCN(Cc1cccn1Cc1cccc(Cl)c1)C(=O)Cc1ccc(OC)cc1. The molecule has 4 nitrogen and oxygen atoms in total. The molecule has 0 atom stereocenters. The molecule has 0 radical (unpaired) electrons. The third-order valence-corrected chi connectivity index (χ3v) is 4.97. The number of halogens is 1. The van der Waals surface area contributed by atoms with Crippen LogP contribution in [0.15, 0.2) is 79.5 Å². The van der Waals surface area contributed by atoms with Crippen molar-refractivity contribution in [3.63, 3.8) is 0 Å². The maximum atomic E-state index is 12.9. The lowest BCUT2D eigenvalue weighted by molar-refractivity contribution is -0.130. The minimum absolute atomic E-state index is 0.0607. The summed E-state index contributed by atoms with van der Waals surface area (Å²) in [6.07, 6.45) is 4.12. The van der Waals surface area contributed by atoms with Crippen LogP contribution in [-0.2, 0) is 24.3 Å². The first kappa shape index (κ1) is 20.7. The summed E-state index contributed by atoms with van der Waals surface area (Å²) in [5.41, 5.74) is 3.14. The Morgan fingerprint density at radius 1 is 1.14 bits per heavy atom. The van der Waals surface area contributed by atoms with Crippen LogP contribution in [0.5, 0.6) is 5.75 Å². The molecule has 0 N–H and O–H groups in total. The van der Waals surface area contributed by atoms with Gasteiger partial charge in [0.25, 0.3) is 0 Å². The first-order valence-corrected chi connectivity index (χ1v) is 9.87. The van der Waals surface area contributed by atoms with Crippen LogP contribution < -0.4 is 4.74 Å². The molecule has 150 valence electrons. The van der Waals surface area contributed by atoms with Crippen LogP contribution in [0, 0.1) is 0 Å². The molecule has 1 amide bonds. The van der Waals surface area contributed by atoms with E-state index in [4.69, 9.17) is 16.3 Å². The highest BCUT2D eigenvalue weighted by Gasteiger charge is 2.15. The molecular weight excluding hydrogens is 384 g/mol. The third kappa shape index (κ3) is 5.75. The van der Waals surface area contributed by atoms with E-state index in [1.54, 1.807) is 13.2 Å². The number of rotatable bonds is 9. The summed E-state index contributed by atoms with van der Waals surface area (Å²) in [5.74, 6) is 0.841. The van der Waals surface area contributed by atoms with Gasteiger partial charge in [0.2, 0.25) is 5.91 Å². The van der Waals surface area contributed by atoms with E-state index in [0.717, 1.165) is 27.6 Å². The summed E-state index contributed by atoms with van der Waals surface area (Å²) in [7, 11) is 1.63. The summed E-state index contributed by atoms with van der Waals surface area (Å²) in [6, 6.07) is 19.5. The molecule has 0 fully saturated rings. The second-order valence-corrected chi connectivity index (χ2v) is 7.28. The van der Waals surface area contributed by atoms with Gasteiger partial charge in [-0.1, -0.05) is 41.9 Å². The van der Waals surface area contributed by atoms with Crippen molar-refractivity contribution < 1.29 is 9.53 Å². The molecule has 0 aliphatic carbocycles. The summed E-state index contributed by atoms with van der Waals surface area (Å²) in [4.78, 5) is 14.7. The zero-order valence-electron chi connectivity index (χ0n) is 16.6. The van der Waals surface area contributed by atoms with Crippen molar-refractivity contribution in [2.75, 3.05) is 13.7 Å². The van der Waals surface area contributed by atoms with Crippen molar-refractivity contribution in [3.05, 3.63) is 101 Å². The lowest BCUT2D eigenvalue weighted by Crippen LogP contribution is -2.32. The number of benzene rings is 2. The van der Waals surface area contributed by atoms with E-state index < -0.39 is 0 Å². The molecule has 0 bridgehead atoms. The lowest BCUT2D eigenvalue weighted by atomic mass is 10.1. The Morgan fingerprint density at radius 3 is 2.62 bits per heavy atom. The fraction of sp³-hybridized carbons (Fsp3) is 0.208. The average molecular weight is 409 g/mol. The van der Waals surface area contributed by atoms with E-state index in [9.17, 15) is 4.79 Å². The summed E-state index contributed by atoms with van der Waals surface area (Å²) < 4.78 is 7.32. The van der Waals surface area contributed by atoms with Crippen molar-refractivity contribution in [1.29, 1.82) is 0 Å². The largest absolute Gasteiger partial charge is 0.497 e. The molecule has 0 unspecified atom stereocenters. The number of hydrogen-bond acceptors (Lipinski definition) is 2. The van der Waals surface area contributed by atoms with Gasteiger partial charge in [0, 0.05) is 30.0 Å². The van der Waals surface area contributed by atoms with E-state index >= 15 is 0 Å². The molecule has 0 aliphatic heterocycles. The zero-order chi connectivity index (χ0) is 20.6. The highest BCUT2D eigenvalue weighted by atomic mass is 35.5. The van der Waals surface area contributed by atoms with Gasteiger partial charge in [0.05, 0.1) is 20.1 Å². The van der Waals surface area contributed by atoms with Crippen molar-refractivity contribution >= 4 is 17.5 Å². The second-order valence-electron chi connectivity index (χ2n) is 6.85.